The van der Waals surface area contributed by atoms with Gasteiger partial charge in [-0.25, -0.2) is 4.98 Å². The second-order valence-corrected chi connectivity index (χ2v) is 5.33. The number of rotatable bonds is 1. The summed E-state index contributed by atoms with van der Waals surface area (Å²) in [6.07, 6.45) is -3.91. The van der Waals surface area contributed by atoms with Crippen molar-refractivity contribution in [1.29, 1.82) is 0 Å². The van der Waals surface area contributed by atoms with Crippen LogP contribution in [0.25, 0.3) is 11.1 Å². The van der Waals surface area contributed by atoms with E-state index in [9.17, 15) is 13.2 Å². The molecule has 8 heteroatoms. The van der Waals surface area contributed by atoms with Crippen LogP contribution in [-0.2, 0) is 6.18 Å². The highest BCUT2D eigenvalue weighted by Gasteiger charge is 2.32. The van der Waals surface area contributed by atoms with E-state index in [0.29, 0.717) is 6.20 Å². The molecule has 0 bridgehead atoms. The molecule has 0 radical (unpaired) electrons. The molecule has 2 aromatic rings. The maximum atomic E-state index is 12.7. The summed E-state index contributed by atoms with van der Waals surface area (Å²) in [5.41, 5.74) is -0.868. The minimum atomic E-state index is -4.55. The van der Waals surface area contributed by atoms with E-state index < -0.39 is 11.7 Å². The Morgan fingerprint density at radius 2 is 1.55 bits per heavy atom. The molecular formula is C12H4Cl4F3N. The molecule has 20 heavy (non-hydrogen) atoms. The van der Waals surface area contributed by atoms with Crippen LogP contribution in [0.2, 0.25) is 20.2 Å². The number of aromatic nitrogens is 1. The summed E-state index contributed by atoms with van der Waals surface area (Å²) in [4.78, 5) is 3.52. The van der Waals surface area contributed by atoms with Gasteiger partial charge in [-0.05, 0) is 18.2 Å². The van der Waals surface area contributed by atoms with E-state index in [-0.39, 0.29) is 31.3 Å². The van der Waals surface area contributed by atoms with Crippen molar-refractivity contribution in [2.45, 2.75) is 6.18 Å². The molecule has 0 N–H and O–H groups in total. The fourth-order valence-electron chi connectivity index (χ4n) is 1.55. The average molecular weight is 361 g/mol. The Morgan fingerprint density at radius 1 is 0.950 bits per heavy atom. The van der Waals surface area contributed by atoms with Crippen LogP contribution in [0.1, 0.15) is 5.56 Å². The number of hydrogen-bond donors (Lipinski definition) is 0. The summed E-state index contributed by atoms with van der Waals surface area (Å²) >= 11 is 23.6. The molecule has 0 unspecified atom stereocenters. The second-order valence-electron chi connectivity index (χ2n) is 3.78. The SMILES string of the molecule is FC(F)(F)c1cnc(Cl)c(-c2c(Cl)ccc(Cl)c2Cl)c1. The normalized spacial score (nSPS) is 11.8. The predicted molar refractivity (Wildman–Crippen MR) is 74.7 cm³/mol. The predicted octanol–water partition coefficient (Wildman–Crippen LogP) is 6.38. The van der Waals surface area contributed by atoms with Gasteiger partial charge in [0.1, 0.15) is 5.15 Å². The lowest BCUT2D eigenvalue weighted by atomic mass is 10.1. The van der Waals surface area contributed by atoms with Gasteiger partial charge in [-0.3, -0.25) is 0 Å². The van der Waals surface area contributed by atoms with E-state index in [1.807, 2.05) is 0 Å². The van der Waals surface area contributed by atoms with Crippen molar-refractivity contribution < 1.29 is 13.2 Å². The van der Waals surface area contributed by atoms with Crippen molar-refractivity contribution in [1.82, 2.24) is 4.98 Å². The molecule has 0 fully saturated rings. The van der Waals surface area contributed by atoms with Gasteiger partial charge >= 0.3 is 6.18 Å². The summed E-state index contributed by atoms with van der Waals surface area (Å²) < 4.78 is 38.2. The highest BCUT2D eigenvalue weighted by atomic mass is 35.5. The zero-order chi connectivity index (χ0) is 15.1. The Balaban J connectivity index is 2.73. The lowest BCUT2D eigenvalue weighted by Crippen LogP contribution is -2.06. The third kappa shape index (κ3) is 2.98. The number of nitrogens with zero attached hydrogens (tertiary/aromatic N) is 1. The molecule has 1 aromatic carbocycles. The van der Waals surface area contributed by atoms with E-state index in [1.54, 1.807) is 0 Å². The Hall–Kier alpha value is -0.680. The Morgan fingerprint density at radius 3 is 2.15 bits per heavy atom. The lowest BCUT2D eigenvalue weighted by molar-refractivity contribution is -0.137. The van der Waals surface area contributed by atoms with Gasteiger partial charge in [-0.2, -0.15) is 13.2 Å². The molecule has 1 aromatic heterocycles. The van der Waals surface area contributed by atoms with Crippen molar-refractivity contribution in [3.8, 4) is 11.1 Å². The molecule has 0 atom stereocenters. The molecule has 1 nitrogen and oxygen atoms in total. The molecule has 0 saturated heterocycles. The van der Waals surface area contributed by atoms with E-state index in [1.165, 1.54) is 12.1 Å². The summed E-state index contributed by atoms with van der Waals surface area (Å²) in [5.74, 6) is 0. The first-order valence-corrected chi connectivity index (χ1v) is 6.59. The maximum Gasteiger partial charge on any atom is 0.417 e. The van der Waals surface area contributed by atoms with Crippen molar-refractivity contribution >= 4 is 46.4 Å². The topological polar surface area (TPSA) is 12.9 Å². The van der Waals surface area contributed by atoms with Crippen LogP contribution in [0.15, 0.2) is 24.4 Å². The fourth-order valence-corrected chi connectivity index (χ4v) is 2.48. The first kappa shape index (κ1) is 15.7. The van der Waals surface area contributed by atoms with Gasteiger partial charge in [0, 0.05) is 17.3 Å². The molecule has 106 valence electrons. The molecule has 0 aliphatic rings. The van der Waals surface area contributed by atoms with Gasteiger partial charge in [0.25, 0.3) is 0 Å². The van der Waals surface area contributed by atoms with E-state index in [4.69, 9.17) is 46.4 Å². The molecular weight excluding hydrogens is 357 g/mol. The second kappa shape index (κ2) is 5.60. The van der Waals surface area contributed by atoms with Crippen LogP contribution >= 0.6 is 46.4 Å². The summed E-state index contributed by atoms with van der Waals surface area (Å²) in [6.45, 7) is 0. The van der Waals surface area contributed by atoms with Crippen LogP contribution in [0.5, 0.6) is 0 Å². The van der Waals surface area contributed by atoms with Crippen LogP contribution in [0.4, 0.5) is 13.2 Å². The third-order valence-corrected chi connectivity index (χ3v) is 3.90. The Labute approximate surface area is 132 Å². The zero-order valence-electron chi connectivity index (χ0n) is 9.40. The van der Waals surface area contributed by atoms with Gasteiger partial charge in [0.2, 0.25) is 0 Å². The van der Waals surface area contributed by atoms with Gasteiger partial charge < -0.3 is 0 Å². The van der Waals surface area contributed by atoms with Crippen molar-refractivity contribution in [2.24, 2.45) is 0 Å². The molecule has 1 heterocycles. The van der Waals surface area contributed by atoms with Gasteiger partial charge in [-0.15, -0.1) is 0 Å². The Kier molecular flexibility index (Phi) is 4.40. The van der Waals surface area contributed by atoms with Crippen LogP contribution < -0.4 is 0 Å². The summed E-state index contributed by atoms with van der Waals surface area (Å²) in [6, 6.07) is 3.69. The standard InChI is InChI=1S/C12H4Cl4F3N/c13-7-1-2-8(14)10(15)9(7)6-3-5(12(17,18)19)4-20-11(6)16/h1-4H. The van der Waals surface area contributed by atoms with Crippen molar-refractivity contribution in [3.05, 3.63) is 50.2 Å². The zero-order valence-corrected chi connectivity index (χ0v) is 12.4. The van der Waals surface area contributed by atoms with E-state index >= 15 is 0 Å². The van der Waals surface area contributed by atoms with Gasteiger partial charge in [0.15, 0.2) is 0 Å². The number of benzene rings is 1. The number of halogens is 7. The van der Waals surface area contributed by atoms with Crippen molar-refractivity contribution in [3.63, 3.8) is 0 Å². The van der Waals surface area contributed by atoms with Crippen LogP contribution in [0.3, 0.4) is 0 Å². The van der Waals surface area contributed by atoms with Crippen LogP contribution in [-0.4, -0.2) is 4.98 Å². The third-order valence-electron chi connectivity index (χ3n) is 2.48. The first-order valence-electron chi connectivity index (χ1n) is 5.08. The molecule has 0 aliphatic carbocycles. The molecule has 0 spiro atoms. The van der Waals surface area contributed by atoms with E-state index in [0.717, 1.165) is 6.07 Å². The number of pyridine rings is 1. The number of alkyl halides is 3. The Bertz CT molecular complexity index is 670. The fraction of sp³-hybridized carbons (Fsp3) is 0.0833. The highest BCUT2D eigenvalue weighted by Crippen LogP contribution is 2.43. The maximum absolute atomic E-state index is 12.7. The minimum Gasteiger partial charge on any atom is -0.243 e. The number of hydrogen-bond acceptors (Lipinski definition) is 1. The van der Waals surface area contributed by atoms with E-state index in [2.05, 4.69) is 4.98 Å². The monoisotopic (exact) mass is 359 g/mol. The summed E-state index contributed by atoms with van der Waals surface area (Å²) in [7, 11) is 0. The average Bonchev–Trinajstić information content (AvgIpc) is 2.35. The molecule has 0 aliphatic heterocycles. The van der Waals surface area contributed by atoms with Gasteiger partial charge in [0.05, 0.1) is 20.6 Å². The first-order chi connectivity index (χ1) is 9.21. The van der Waals surface area contributed by atoms with Gasteiger partial charge in [-0.1, -0.05) is 46.4 Å². The molecule has 2 rings (SSSR count). The lowest BCUT2D eigenvalue weighted by Gasteiger charge is -2.13. The summed E-state index contributed by atoms with van der Waals surface area (Å²) in [5, 5.41) is 0.147. The quantitative estimate of drug-likeness (QED) is 0.424. The highest BCUT2D eigenvalue weighted by molar-refractivity contribution is 6.46. The smallest absolute Gasteiger partial charge is 0.243 e. The van der Waals surface area contributed by atoms with Crippen LogP contribution in [0, 0.1) is 0 Å². The minimum absolute atomic E-state index is 0.0159. The largest absolute Gasteiger partial charge is 0.417 e. The molecule has 0 saturated carbocycles. The van der Waals surface area contributed by atoms with Crippen molar-refractivity contribution in [2.75, 3.05) is 0 Å². The molecule has 0 amide bonds.